The third-order valence-corrected chi connectivity index (χ3v) is 4.93. The predicted molar refractivity (Wildman–Crippen MR) is 95.4 cm³/mol. The molecule has 5 heteroatoms. The minimum atomic E-state index is 0.364. The Hall–Kier alpha value is -2.24. The fourth-order valence-corrected chi connectivity index (χ4v) is 3.67. The van der Waals surface area contributed by atoms with Gasteiger partial charge in [-0.15, -0.1) is 0 Å². The summed E-state index contributed by atoms with van der Waals surface area (Å²) in [5.74, 6) is 0.990. The molecule has 124 valence electrons. The quantitative estimate of drug-likeness (QED) is 0.775. The number of nitrogens with one attached hydrogen (secondary N) is 1. The molecule has 2 heterocycles. The maximum Gasteiger partial charge on any atom is 0.121 e. The molecular weight excluding hydrogens is 298 g/mol. The van der Waals surface area contributed by atoms with Crippen LogP contribution < -0.4 is 5.73 Å². The van der Waals surface area contributed by atoms with Gasteiger partial charge in [0, 0.05) is 12.7 Å². The van der Waals surface area contributed by atoms with Crippen LogP contribution in [0.15, 0.2) is 36.5 Å². The number of fused-ring (bicyclic) bond motifs is 2. The Kier molecular flexibility index (Phi) is 4.04. The molecule has 2 aromatic heterocycles. The van der Waals surface area contributed by atoms with Crippen LogP contribution in [-0.4, -0.2) is 26.9 Å². The van der Waals surface area contributed by atoms with Gasteiger partial charge in [-0.1, -0.05) is 12.1 Å². The Morgan fingerprint density at radius 2 is 2.25 bits per heavy atom. The van der Waals surface area contributed by atoms with Gasteiger partial charge in [-0.3, -0.25) is 9.88 Å². The first-order valence-corrected chi connectivity index (χ1v) is 8.56. The molecular formula is C19H23N5. The van der Waals surface area contributed by atoms with Crippen molar-refractivity contribution in [3.8, 4) is 0 Å². The van der Waals surface area contributed by atoms with Gasteiger partial charge >= 0.3 is 0 Å². The van der Waals surface area contributed by atoms with Crippen LogP contribution in [0.1, 0.15) is 41.5 Å². The molecule has 0 saturated heterocycles. The smallest absolute Gasteiger partial charge is 0.121 e. The number of rotatable bonds is 4. The lowest BCUT2D eigenvalue weighted by molar-refractivity contribution is 0.204. The first-order chi connectivity index (χ1) is 11.7. The second-order valence-corrected chi connectivity index (χ2v) is 6.61. The van der Waals surface area contributed by atoms with Crippen molar-refractivity contribution in [3.63, 3.8) is 0 Å². The SMILES string of the molecule is CN(Cc1nc2cc(CN)ccc2[nH]1)C1CCCc2cccnc21. The zero-order valence-corrected chi connectivity index (χ0v) is 14.0. The fourth-order valence-electron chi connectivity index (χ4n) is 3.67. The van der Waals surface area contributed by atoms with Gasteiger partial charge in [0.05, 0.1) is 29.3 Å². The summed E-state index contributed by atoms with van der Waals surface area (Å²) in [6.45, 7) is 1.33. The van der Waals surface area contributed by atoms with Gasteiger partial charge in [-0.25, -0.2) is 4.98 Å². The maximum atomic E-state index is 5.72. The summed E-state index contributed by atoms with van der Waals surface area (Å²) in [6, 6.07) is 10.8. The van der Waals surface area contributed by atoms with Crippen LogP contribution >= 0.6 is 0 Å². The molecule has 0 bridgehead atoms. The number of hydrogen-bond donors (Lipinski definition) is 2. The monoisotopic (exact) mass is 321 g/mol. The van der Waals surface area contributed by atoms with Crippen molar-refractivity contribution in [2.75, 3.05) is 7.05 Å². The van der Waals surface area contributed by atoms with E-state index in [9.17, 15) is 0 Å². The van der Waals surface area contributed by atoms with Gasteiger partial charge in [-0.2, -0.15) is 0 Å². The number of aromatic amines is 1. The van der Waals surface area contributed by atoms with E-state index in [0.29, 0.717) is 12.6 Å². The standard InChI is InChI=1S/C19H23N5/c1-24(17-6-2-4-14-5-3-9-21-19(14)17)12-18-22-15-8-7-13(11-20)10-16(15)23-18/h3,5,7-10,17H,2,4,6,11-12,20H2,1H3,(H,22,23). The molecule has 24 heavy (non-hydrogen) atoms. The lowest BCUT2D eigenvalue weighted by Crippen LogP contribution is -2.28. The van der Waals surface area contributed by atoms with Gasteiger partial charge in [-0.05, 0) is 55.6 Å². The van der Waals surface area contributed by atoms with E-state index in [2.05, 4.69) is 46.2 Å². The average Bonchev–Trinajstić information content (AvgIpc) is 3.02. The molecule has 5 nitrogen and oxygen atoms in total. The van der Waals surface area contributed by atoms with Gasteiger partial charge in [0.25, 0.3) is 0 Å². The molecule has 4 rings (SSSR count). The van der Waals surface area contributed by atoms with E-state index in [0.717, 1.165) is 41.8 Å². The van der Waals surface area contributed by atoms with E-state index in [-0.39, 0.29) is 0 Å². The Labute approximate surface area is 141 Å². The summed E-state index contributed by atoms with van der Waals surface area (Å²) < 4.78 is 0. The Morgan fingerprint density at radius 1 is 1.33 bits per heavy atom. The van der Waals surface area contributed by atoms with E-state index in [1.54, 1.807) is 0 Å². The number of nitrogens with two attached hydrogens (primary N) is 1. The molecule has 0 aliphatic heterocycles. The first kappa shape index (κ1) is 15.3. The second-order valence-electron chi connectivity index (χ2n) is 6.61. The van der Waals surface area contributed by atoms with Gasteiger partial charge in [0.1, 0.15) is 5.82 Å². The Balaban J connectivity index is 1.57. The molecule has 1 aromatic carbocycles. The van der Waals surface area contributed by atoms with Crippen molar-refractivity contribution >= 4 is 11.0 Å². The summed E-state index contributed by atoms with van der Waals surface area (Å²) in [5, 5.41) is 0. The normalized spacial score (nSPS) is 17.4. The molecule has 0 saturated carbocycles. The van der Waals surface area contributed by atoms with Crippen molar-refractivity contribution in [2.24, 2.45) is 5.73 Å². The molecule has 0 spiro atoms. The van der Waals surface area contributed by atoms with Crippen LogP contribution in [0.4, 0.5) is 0 Å². The Bertz CT molecular complexity index is 854. The van der Waals surface area contributed by atoms with Gasteiger partial charge in [0.15, 0.2) is 0 Å². The van der Waals surface area contributed by atoms with Crippen LogP contribution in [0.5, 0.6) is 0 Å². The fraction of sp³-hybridized carbons (Fsp3) is 0.368. The lowest BCUT2D eigenvalue weighted by Gasteiger charge is -2.31. The maximum absolute atomic E-state index is 5.72. The molecule has 0 radical (unpaired) electrons. The molecule has 3 N–H and O–H groups in total. The molecule has 0 amide bonds. The summed E-state index contributed by atoms with van der Waals surface area (Å²) in [5.41, 5.74) is 11.5. The van der Waals surface area contributed by atoms with Crippen molar-refractivity contribution in [3.05, 3.63) is 59.2 Å². The van der Waals surface area contributed by atoms with Crippen LogP contribution in [0.25, 0.3) is 11.0 Å². The third-order valence-electron chi connectivity index (χ3n) is 4.93. The summed E-state index contributed by atoms with van der Waals surface area (Å²) in [4.78, 5) is 15.2. The third kappa shape index (κ3) is 2.81. The number of imidazole rings is 1. The van der Waals surface area contributed by atoms with Crippen molar-refractivity contribution in [1.29, 1.82) is 0 Å². The largest absolute Gasteiger partial charge is 0.341 e. The molecule has 3 aromatic rings. The van der Waals surface area contributed by atoms with Gasteiger partial charge in [0.2, 0.25) is 0 Å². The predicted octanol–water partition coefficient (Wildman–Crippen LogP) is 2.93. The van der Waals surface area contributed by atoms with E-state index < -0.39 is 0 Å². The van der Waals surface area contributed by atoms with Gasteiger partial charge < -0.3 is 10.7 Å². The summed E-state index contributed by atoms with van der Waals surface area (Å²) >= 11 is 0. The summed E-state index contributed by atoms with van der Waals surface area (Å²) in [6.07, 6.45) is 5.41. The molecule has 1 aliphatic rings. The molecule has 1 atom stereocenters. The van der Waals surface area contributed by atoms with Crippen molar-refractivity contribution < 1.29 is 0 Å². The molecule has 1 aliphatic carbocycles. The number of H-pyrrole nitrogens is 1. The number of nitrogens with zero attached hydrogens (tertiary/aromatic N) is 3. The van der Waals surface area contributed by atoms with Crippen molar-refractivity contribution in [2.45, 2.75) is 38.4 Å². The number of aromatic nitrogens is 3. The first-order valence-electron chi connectivity index (χ1n) is 8.56. The minimum absolute atomic E-state index is 0.364. The average molecular weight is 321 g/mol. The van der Waals surface area contributed by atoms with Crippen LogP contribution in [0.3, 0.4) is 0 Å². The number of pyridine rings is 1. The van der Waals surface area contributed by atoms with Crippen LogP contribution in [-0.2, 0) is 19.5 Å². The topological polar surface area (TPSA) is 70.8 Å². The highest BCUT2D eigenvalue weighted by Gasteiger charge is 2.25. The highest BCUT2D eigenvalue weighted by Crippen LogP contribution is 2.32. The van der Waals surface area contributed by atoms with Crippen molar-refractivity contribution in [1.82, 2.24) is 19.9 Å². The highest BCUT2D eigenvalue weighted by atomic mass is 15.2. The zero-order chi connectivity index (χ0) is 16.5. The molecule has 1 unspecified atom stereocenters. The number of aryl methyl sites for hydroxylation is 1. The number of benzene rings is 1. The van der Waals surface area contributed by atoms with E-state index in [1.807, 2.05) is 12.3 Å². The van der Waals surface area contributed by atoms with E-state index in [1.165, 1.54) is 17.7 Å². The number of hydrogen-bond acceptors (Lipinski definition) is 4. The minimum Gasteiger partial charge on any atom is -0.341 e. The summed E-state index contributed by atoms with van der Waals surface area (Å²) in [7, 11) is 2.16. The Morgan fingerprint density at radius 3 is 3.12 bits per heavy atom. The molecule has 0 fully saturated rings. The van der Waals surface area contributed by atoms with E-state index >= 15 is 0 Å². The second kappa shape index (κ2) is 6.34. The van der Waals surface area contributed by atoms with Crippen LogP contribution in [0.2, 0.25) is 0 Å². The van der Waals surface area contributed by atoms with E-state index in [4.69, 9.17) is 10.7 Å². The zero-order valence-electron chi connectivity index (χ0n) is 14.0. The lowest BCUT2D eigenvalue weighted by atomic mass is 9.91. The van der Waals surface area contributed by atoms with Crippen LogP contribution in [0, 0.1) is 0 Å². The highest BCUT2D eigenvalue weighted by molar-refractivity contribution is 5.75.